The number of amides is 1. The number of rotatable bonds is 3. The Kier molecular flexibility index (Phi) is 5.21. The van der Waals surface area contributed by atoms with Gasteiger partial charge >= 0.3 is 0 Å². The molecule has 138 valence electrons. The number of hydrogen-bond donors (Lipinski definition) is 0. The fraction of sp³-hybridized carbons (Fsp3) is 0.632. The molecule has 2 aliphatic heterocycles. The molecule has 1 amide bonds. The third kappa shape index (κ3) is 3.60. The van der Waals surface area contributed by atoms with Gasteiger partial charge in [0, 0.05) is 31.7 Å². The Morgan fingerprint density at radius 3 is 2.24 bits per heavy atom. The van der Waals surface area contributed by atoms with E-state index in [0.717, 1.165) is 49.9 Å². The molecule has 0 unspecified atom stereocenters. The van der Waals surface area contributed by atoms with Gasteiger partial charge in [-0.05, 0) is 68.7 Å². The molecule has 0 aromatic heterocycles. The van der Waals surface area contributed by atoms with Gasteiger partial charge in [0.25, 0.3) is 5.91 Å². The first-order valence-electron chi connectivity index (χ1n) is 9.21. The van der Waals surface area contributed by atoms with Gasteiger partial charge in [-0.1, -0.05) is 6.92 Å². The number of piperidine rings is 1. The minimum absolute atomic E-state index is 0.0516. The van der Waals surface area contributed by atoms with Gasteiger partial charge in [0.15, 0.2) is 0 Å². The number of carbonyl (C=O) groups is 1. The first kappa shape index (κ1) is 18.4. The molecule has 1 aromatic carbocycles. The van der Waals surface area contributed by atoms with Gasteiger partial charge in [-0.2, -0.15) is 4.31 Å². The lowest BCUT2D eigenvalue weighted by Gasteiger charge is -2.30. The Morgan fingerprint density at radius 2 is 1.64 bits per heavy atom. The Hall–Kier alpha value is -1.40. The number of likely N-dealkylation sites (tertiary alicyclic amines) is 1. The third-order valence-corrected chi connectivity index (χ3v) is 7.65. The predicted octanol–water partition coefficient (Wildman–Crippen LogP) is 2.96. The molecule has 6 heteroatoms. The van der Waals surface area contributed by atoms with Gasteiger partial charge in [0.2, 0.25) is 10.0 Å². The van der Waals surface area contributed by atoms with Crippen molar-refractivity contribution in [3.05, 3.63) is 28.8 Å². The largest absolute Gasteiger partial charge is 0.339 e. The SMILES string of the molecule is Cc1cc(C(=O)N2CCCC2)cc(S(=O)(=O)N2CCC(C)CC2)c1C. The lowest BCUT2D eigenvalue weighted by atomic mass is 10.0. The number of sulfonamides is 1. The van der Waals surface area contributed by atoms with E-state index in [2.05, 4.69) is 6.92 Å². The molecule has 0 atom stereocenters. The van der Waals surface area contributed by atoms with Crippen LogP contribution in [-0.4, -0.2) is 49.7 Å². The minimum atomic E-state index is -3.56. The zero-order valence-corrected chi connectivity index (χ0v) is 16.2. The van der Waals surface area contributed by atoms with Crippen LogP contribution in [0.3, 0.4) is 0 Å². The van der Waals surface area contributed by atoms with Crippen LogP contribution in [0.2, 0.25) is 0 Å². The third-order valence-electron chi connectivity index (χ3n) is 5.62. The Morgan fingerprint density at radius 1 is 1.04 bits per heavy atom. The summed E-state index contributed by atoms with van der Waals surface area (Å²) in [6.07, 6.45) is 3.83. The van der Waals surface area contributed by atoms with Crippen molar-refractivity contribution in [1.82, 2.24) is 9.21 Å². The number of hydrogen-bond acceptors (Lipinski definition) is 3. The molecule has 0 bridgehead atoms. The highest BCUT2D eigenvalue weighted by molar-refractivity contribution is 7.89. The average molecular weight is 365 g/mol. The van der Waals surface area contributed by atoms with Crippen LogP contribution in [0, 0.1) is 19.8 Å². The quantitative estimate of drug-likeness (QED) is 0.828. The van der Waals surface area contributed by atoms with E-state index < -0.39 is 10.0 Å². The molecule has 5 nitrogen and oxygen atoms in total. The zero-order valence-electron chi connectivity index (χ0n) is 15.4. The van der Waals surface area contributed by atoms with Gasteiger partial charge in [0.05, 0.1) is 4.90 Å². The topological polar surface area (TPSA) is 57.7 Å². The molecule has 0 N–H and O–H groups in total. The molecule has 2 fully saturated rings. The molecule has 0 saturated carbocycles. The Labute approximate surface area is 151 Å². The second-order valence-electron chi connectivity index (χ2n) is 7.50. The summed E-state index contributed by atoms with van der Waals surface area (Å²) in [7, 11) is -3.56. The molecular weight excluding hydrogens is 336 g/mol. The molecule has 0 radical (unpaired) electrons. The van der Waals surface area contributed by atoms with Gasteiger partial charge in [-0.15, -0.1) is 0 Å². The van der Waals surface area contributed by atoms with Crippen LogP contribution in [0.4, 0.5) is 0 Å². The lowest BCUT2D eigenvalue weighted by molar-refractivity contribution is 0.0792. The van der Waals surface area contributed by atoms with E-state index >= 15 is 0 Å². The van der Waals surface area contributed by atoms with Crippen LogP contribution in [0.25, 0.3) is 0 Å². The van der Waals surface area contributed by atoms with E-state index in [0.29, 0.717) is 29.5 Å². The molecule has 1 aromatic rings. The highest BCUT2D eigenvalue weighted by Gasteiger charge is 2.31. The summed E-state index contributed by atoms with van der Waals surface area (Å²) in [6, 6.07) is 3.42. The fourth-order valence-electron chi connectivity index (χ4n) is 3.69. The molecule has 25 heavy (non-hydrogen) atoms. The second-order valence-corrected chi connectivity index (χ2v) is 9.41. The van der Waals surface area contributed by atoms with Crippen LogP contribution < -0.4 is 0 Å². The Bertz CT molecular complexity index is 759. The summed E-state index contributed by atoms with van der Waals surface area (Å²) in [5.74, 6) is 0.515. The van der Waals surface area contributed by atoms with Crippen LogP contribution in [0.1, 0.15) is 54.1 Å². The van der Waals surface area contributed by atoms with Gasteiger partial charge in [-0.3, -0.25) is 4.79 Å². The normalized spacial score (nSPS) is 20.2. The molecule has 0 spiro atoms. The molecule has 2 heterocycles. The standard InChI is InChI=1S/C19H28N2O3S/c1-14-6-10-21(11-7-14)25(23,24)18-13-17(12-15(2)16(18)3)19(22)20-8-4-5-9-20/h12-14H,4-11H2,1-3H3. The molecular formula is C19H28N2O3S. The van der Waals surface area contributed by atoms with E-state index in [1.807, 2.05) is 24.8 Å². The zero-order chi connectivity index (χ0) is 18.2. The summed E-state index contributed by atoms with van der Waals surface area (Å²) in [5, 5.41) is 0. The van der Waals surface area contributed by atoms with Crippen LogP contribution in [-0.2, 0) is 10.0 Å². The maximum absolute atomic E-state index is 13.2. The molecule has 2 saturated heterocycles. The second kappa shape index (κ2) is 7.08. The van der Waals surface area contributed by atoms with E-state index in [4.69, 9.17) is 0 Å². The van der Waals surface area contributed by atoms with Crippen molar-refractivity contribution in [1.29, 1.82) is 0 Å². The fourth-order valence-corrected chi connectivity index (χ4v) is 5.48. The number of nitrogens with zero attached hydrogens (tertiary/aromatic N) is 2. The van der Waals surface area contributed by atoms with Gasteiger partial charge in [0.1, 0.15) is 0 Å². The van der Waals surface area contributed by atoms with Crippen molar-refractivity contribution < 1.29 is 13.2 Å². The van der Waals surface area contributed by atoms with Crippen LogP contribution in [0.15, 0.2) is 17.0 Å². The monoisotopic (exact) mass is 364 g/mol. The molecule has 3 rings (SSSR count). The summed E-state index contributed by atoms with van der Waals surface area (Å²) < 4.78 is 27.9. The van der Waals surface area contributed by atoms with Crippen molar-refractivity contribution in [2.45, 2.75) is 51.3 Å². The maximum Gasteiger partial charge on any atom is 0.253 e. The van der Waals surface area contributed by atoms with Crippen LogP contribution >= 0.6 is 0 Å². The van der Waals surface area contributed by atoms with Crippen molar-refractivity contribution in [2.75, 3.05) is 26.2 Å². The summed E-state index contributed by atoms with van der Waals surface area (Å²) in [6.45, 7) is 8.52. The van der Waals surface area contributed by atoms with Crippen molar-refractivity contribution in [2.24, 2.45) is 5.92 Å². The highest BCUT2D eigenvalue weighted by Crippen LogP contribution is 2.28. The van der Waals surface area contributed by atoms with Crippen molar-refractivity contribution in [3.63, 3.8) is 0 Å². The number of carbonyl (C=O) groups excluding carboxylic acids is 1. The molecule has 0 aliphatic carbocycles. The first-order chi connectivity index (χ1) is 11.8. The van der Waals surface area contributed by atoms with E-state index in [1.165, 1.54) is 0 Å². The van der Waals surface area contributed by atoms with E-state index in [1.54, 1.807) is 10.4 Å². The lowest BCUT2D eigenvalue weighted by Crippen LogP contribution is -2.38. The smallest absolute Gasteiger partial charge is 0.253 e. The average Bonchev–Trinajstić information content (AvgIpc) is 3.11. The van der Waals surface area contributed by atoms with Gasteiger partial charge in [-0.25, -0.2) is 8.42 Å². The molecule has 2 aliphatic rings. The number of benzene rings is 1. The van der Waals surface area contributed by atoms with E-state index in [-0.39, 0.29) is 5.91 Å². The summed E-state index contributed by atoms with van der Waals surface area (Å²) in [5.41, 5.74) is 2.10. The highest BCUT2D eigenvalue weighted by atomic mass is 32.2. The minimum Gasteiger partial charge on any atom is -0.339 e. The predicted molar refractivity (Wildman–Crippen MR) is 98.2 cm³/mol. The van der Waals surface area contributed by atoms with Gasteiger partial charge < -0.3 is 4.90 Å². The first-order valence-corrected chi connectivity index (χ1v) is 10.7. The van der Waals surface area contributed by atoms with Crippen LogP contribution in [0.5, 0.6) is 0 Å². The Balaban J connectivity index is 1.96. The van der Waals surface area contributed by atoms with Crippen molar-refractivity contribution >= 4 is 15.9 Å². The summed E-state index contributed by atoms with van der Waals surface area (Å²) in [4.78, 5) is 14.8. The van der Waals surface area contributed by atoms with E-state index in [9.17, 15) is 13.2 Å². The maximum atomic E-state index is 13.2. The van der Waals surface area contributed by atoms with Crippen molar-refractivity contribution in [3.8, 4) is 0 Å². The number of aryl methyl sites for hydroxylation is 1. The summed E-state index contributed by atoms with van der Waals surface area (Å²) >= 11 is 0.